The lowest BCUT2D eigenvalue weighted by molar-refractivity contribution is -0.274. The number of hydrogen-bond acceptors (Lipinski definition) is 16. The van der Waals surface area contributed by atoms with Crippen LogP contribution < -0.4 is 10.1 Å². The van der Waals surface area contributed by atoms with Gasteiger partial charge >= 0.3 is 36.1 Å². The fraction of sp³-hybridized carbons (Fsp3) is 0.533. The lowest BCUT2D eigenvalue weighted by Gasteiger charge is -2.44. The zero-order valence-electron chi connectivity index (χ0n) is 38.2. The van der Waals surface area contributed by atoms with Crippen molar-refractivity contribution in [3.63, 3.8) is 0 Å². The lowest BCUT2D eigenvalue weighted by atomic mass is 9.84. The van der Waals surface area contributed by atoms with Gasteiger partial charge in [-0.15, -0.1) is 10.2 Å². The molecule has 1 aromatic heterocycles. The Morgan fingerprint density at radius 2 is 1.68 bits per heavy atom. The third kappa shape index (κ3) is 15.2. The van der Waals surface area contributed by atoms with Crippen molar-refractivity contribution in [3.05, 3.63) is 65.9 Å². The number of nitrogens with one attached hydrogen (secondary N) is 1. The lowest BCUT2D eigenvalue weighted by Crippen LogP contribution is -2.54. The molecule has 2 aromatic carbocycles. The molecule has 370 valence electrons. The van der Waals surface area contributed by atoms with Gasteiger partial charge in [0.15, 0.2) is 6.29 Å². The molecule has 0 aliphatic carbocycles. The molecule has 20 nitrogen and oxygen atoms in total. The van der Waals surface area contributed by atoms with Crippen LogP contribution in [0.15, 0.2) is 54.7 Å². The minimum atomic E-state index is -5.20. The Balaban J connectivity index is 1.16. The average molecular weight is 961 g/mol. The van der Waals surface area contributed by atoms with E-state index in [0.717, 1.165) is 6.92 Å². The van der Waals surface area contributed by atoms with E-state index in [-0.39, 0.29) is 44.9 Å². The van der Waals surface area contributed by atoms with Crippen molar-refractivity contribution in [2.75, 3.05) is 26.8 Å². The number of halogens is 3. The fourth-order valence-electron chi connectivity index (χ4n) is 7.47. The number of unbranched alkanes of at least 4 members (excludes halogenated alkanes) is 2. The quantitative estimate of drug-likeness (QED) is 0.0616. The first-order valence-electron chi connectivity index (χ1n) is 21.9. The molecule has 3 heterocycles. The number of amides is 4. The molecule has 2 aliphatic rings. The summed E-state index contributed by atoms with van der Waals surface area (Å²) in [6.07, 6.45) is -6.73. The molecule has 6 atom stereocenters. The van der Waals surface area contributed by atoms with Crippen LogP contribution in [0.2, 0.25) is 0 Å². The predicted molar refractivity (Wildman–Crippen MR) is 228 cm³/mol. The van der Waals surface area contributed by atoms with E-state index in [1.807, 2.05) is 6.92 Å². The highest BCUT2D eigenvalue weighted by Crippen LogP contribution is 2.35. The van der Waals surface area contributed by atoms with E-state index in [0.29, 0.717) is 57.4 Å². The highest BCUT2D eigenvalue weighted by molar-refractivity contribution is 6.01. The van der Waals surface area contributed by atoms with Gasteiger partial charge in [0.05, 0.1) is 33.0 Å². The molecule has 23 heteroatoms. The van der Waals surface area contributed by atoms with Crippen molar-refractivity contribution in [1.82, 2.24) is 30.3 Å². The van der Waals surface area contributed by atoms with E-state index in [4.69, 9.17) is 33.3 Å². The van der Waals surface area contributed by atoms with Crippen LogP contribution in [-0.4, -0.2) is 124 Å². The van der Waals surface area contributed by atoms with Crippen molar-refractivity contribution >= 4 is 41.7 Å². The molecule has 2 aliphatic heterocycles. The summed E-state index contributed by atoms with van der Waals surface area (Å²) in [4.78, 5) is 89.8. The highest BCUT2D eigenvalue weighted by Gasteiger charge is 2.46. The van der Waals surface area contributed by atoms with Gasteiger partial charge in [-0.3, -0.25) is 24.0 Å². The van der Waals surface area contributed by atoms with E-state index in [1.165, 1.54) is 18.7 Å². The van der Waals surface area contributed by atoms with E-state index in [2.05, 4.69) is 15.6 Å². The Morgan fingerprint density at radius 1 is 0.956 bits per heavy atom. The maximum absolute atomic E-state index is 13.7. The van der Waals surface area contributed by atoms with Gasteiger partial charge in [-0.2, -0.15) is 13.2 Å². The summed E-state index contributed by atoms with van der Waals surface area (Å²) in [5.74, 6) is -5.71. The summed E-state index contributed by atoms with van der Waals surface area (Å²) in [7, 11) is 1.45. The van der Waals surface area contributed by atoms with Gasteiger partial charge in [0, 0.05) is 69.2 Å². The van der Waals surface area contributed by atoms with Gasteiger partial charge in [0.25, 0.3) is 11.8 Å². The number of carbonyl (C=O) groups is 7. The van der Waals surface area contributed by atoms with Crippen LogP contribution in [0.25, 0.3) is 11.3 Å². The molecular formula is C45H55F3N6O14. The molecule has 5 rings (SSSR count). The van der Waals surface area contributed by atoms with Gasteiger partial charge in [0.2, 0.25) is 0 Å². The third-order valence-corrected chi connectivity index (χ3v) is 11.1. The van der Waals surface area contributed by atoms with Crippen molar-refractivity contribution in [2.24, 2.45) is 11.8 Å². The van der Waals surface area contributed by atoms with Gasteiger partial charge in [-0.1, -0.05) is 67.9 Å². The Kier molecular flexibility index (Phi) is 18.8. The minimum absolute atomic E-state index is 0.000490. The number of alkyl carbamates (subject to hydrolysis) is 1. The maximum Gasteiger partial charge on any atom is 0.471 e. The first-order valence-corrected chi connectivity index (χ1v) is 21.9. The molecule has 2 saturated heterocycles. The smallest absolute Gasteiger partial charge is 0.471 e. The second kappa shape index (κ2) is 24.4. The number of carbonyl (C=O) groups excluding carboxylic acids is 7. The fourth-order valence-corrected chi connectivity index (χ4v) is 7.47. The van der Waals surface area contributed by atoms with E-state index in [9.17, 15) is 46.7 Å². The summed E-state index contributed by atoms with van der Waals surface area (Å²) < 4.78 is 77.0. The molecule has 0 spiro atoms. The molecule has 0 bridgehead atoms. The monoisotopic (exact) mass is 960 g/mol. The van der Waals surface area contributed by atoms with Gasteiger partial charge in [-0.25, -0.2) is 14.3 Å². The SMILES string of the molecule is COc1cc(-c2cn(CC3OC(OCC(CN(Cc4ccccc4)C(=O)C(F)(F)F)OC(C)=O)C(C)[C@@H](C)[C@H]3OC(C)=O)nn2)ccc1COC(=O)NCCCCCC(=O)ON1C(=O)CCC1=O. The summed E-state index contributed by atoms with van der Waals surface area (Å²) in [6, 6.07) is 13.1. The number of nitrogens with zero attached hydrogens (tertiary/aromatic N) is 5. The van der Waals surface area contributed by atoms with Crippen molar-refractivity contribution in [3.8, 4) is 17.0 Å². The number of aromatic nitrogens is 3. The minimum Gasteiger partial charge on any atom is -0.496 e. The van der Waals surface area contributed by atoms with E-state index >= 15 is 0 Å². The van der Waals surface area contributed by atoms with Crippen LogP contribution in [0, 0.1) is 11.8 Å². The topological polar surface area (TPSA) is 233 Å². The molecule has 4 amide bonds. The third-order valence-electron chi connectivity index (χ3n) is 11.1. The highest BCUT2D eigenvalue weighted by atomic mass is 19.4. The molecule has 2 fully saturated rings. The number of ether oxygens (including phenoxy) is 6. The van der Waals surface area contributed by atoms with Crippen LogP contribution in [0.3, 0.4) is 0 Å². The molecule has 4 unspecified atom stereocenters. The van der Waals surface area contributed by atoms with Crippen LogP contribution >= 0.6 is 0 Å². The summed E-state index contributed by atoms with van der Waals surface area (Å²) in [5, 5.41) is 11.7. The summed E-state index contributed by atoms with van der Waals surface area (Å²) in [6.45, 7) is 4.60. The Hall–Kier alpha value is -6.62. The molecule has 0 saturated carbocycles. The number of rotatable bonds is 22. The van der Waals surface area contributed by atoms with E-state index < -0.39 is 98.1 Å². The molecule has 1 N–H and O–H groups in total. The first kappa shape index (κ1) is 52.4. The zero-order chi connectivity index (χ0) is 49.5. The van der Waals surface area contributed by atoms with E-state index in [1.54, 1.807) is 61.7 Å². The number of benzene rings is 2. The number of hydrogen-bond donors (Lipinski definition) is 1. The first-order chi connectivity index (χ1) is 32.3. The largest absolute Gasteiger partial charge is 0.496 e. The van der Waals surface area contributed by atoms with Crippen LogP contribution in [0.1, 0.15) is 77.3 Å². The number of alkyl halides is 3. The second-order valence-electron chi connectivity index (χ2n) is 16.3. The number of esters is 2. The van der Waals surface area contributed by atoms with Crippen LogP contribution in [0.5, 0.6) is 5.75 Å². The number of hydroxylamine groups is 2. The zero-order valence-corrected chi connectivity index (χ0v) is 38.2. The normalized spacial score (nSPS) is 19.8. The second-order valence-corrected chi connectivity index (χ2v) is 16.3. The average Bonchev–Trinajstić information content (AvgIpc) is 3.89. The summed E-state index contributed by atoms with van der Waals surface area (Å²) >= 11 is 0. The van der Waals surface area contributed by atoms with Gasteiger partial charge in [-0.05, 0) is 24.5 Å². The number of methoxy groups -OCH3 is 1. The number of imide groups is 1. The molecule has 0 radical (unpaired) electrons. The van der Waals surface area contributed by atoms with Crippen LogP contribution in [0.4, 0.5) is 18.0 Å². The summed E-state index contributed by atoms with van der Waals surface area (Å²) in [5.41, 5.74) is 1.99. The Bertz CT molecular complexity index is 2230. The molecule has 3 aromatic rings. The van der Waals surface area contributed by atoms with Crippen LogP contribution in [-0.2, 0) is 77.0 Å². The standard InChI is InChI=1S/C45H55F3N6O14/c1-27-28(2)42(63-26-34(65-29(3)55)22-52(43(60)45(46,47)48)21-31-12-8-6-9-13-31)67-37(41(27)66-30(4)56)24-53-23-35(50-51-53)32-15-16-33(36(20-32)62-5)25-64-44(61)49-19-11-7-10-14-40(59)68-54-38(57)17-18-39(54)58/h6,8-9,12-13,15-16,20,23,27-28,34,37,41-42H,7,10-11,14,17-19,21-22,24-26H2,1-5H3,(H,49,61)/t27-,28?,34?,37?,41-,42?/m1/s1. The molecular weight excluding hydrogens is 906 g/mol. The van der Waals surface area contributed by atoms with Crippen molar-refractivity contribution in [2.45, 2.75) is 117 Å². The van der Waals surface area contributed by atoms with Crippen molar-refractivity contribution < 1.29 is 80.0 Å². The Morgan fingerprint density at radius 3 is 2.34 bits per heavy atom. The maximum atomic E-state index is 13.7. The molecule has 68 heavy (non-hydrogen) atoms. The predicted octanol–water partition coefficient (Wildman–Crippen LogP) is 4.82. The van der Waals surface area contributed by atoms with Gasteiger partial charge in [0.1, 0.15) is 36.4 Å². The Labute approximate surface area is 389 Å². The van der Waals surface area contributed by atoms with Gasteiger partial charge < -0.3 is 43.5 Å². The van der Waals surface area contributed by atoms with Crippen molar-refractivity contribution in [1.29, 1.82) is 0 Å².